The smallest absolute Gasteiger partial charge is 0.119 e. The second-order valence-corrected chi connectivity index (χ2v) is 3.32. The molecule has 0 unspecified atom stereocenters. The van der Waals surface area contributed by atoms with Crippen LogP contribution in [0.2, 0.25) is 0 Å². The number of methoxy groups -OCH3 is 1. The summed E-state index contributed by atoms with van der Waals surface area (Å²) in [5.41, 5.74) is 7.13. The molecule has 2 N–H and O–H groups in total. The van der Waals surface area contributed by atoms with Crippen molar-refractivity contribution in [2.75, 3.05) is 13.7 Å². The molecule has 0 heterocycles. The van der Waals surface area contributed by atoms with Gasteiger partial charge in [-0.05, 0) is 36.1 Å². The monoisotopic (exact) mass is 209 g/mol. The van der Waals surface area contributed by atoms with Crippen molar-refractivity contribution in [2.45, 2.75) is 12.8 Å². The number of hydrogen-bond donors (Lipinski definition) is 1. The van der Waals surface area contributed by atoms with Gasteiger partial charge in [0.05, 0.1) is 13.4 Å². The SMILES string of the molecule is COc1cccc(CCC(=CF)CN)c1. The van der Waals surface area contributed by atoms with Crippen LogP contribution in [0.5, 0.6) is 5.75 Å². The summed E-state index contributed by atoms with van der Waals surface area (Å²) in [6, 6.07) is 7.76. The van der Waals surface area contributed by atoms with Crippen molar-refractivity contribution in [2.24, 2.45) is 5.73 Å². The van der Waals surface area contributed by atoms with Gasteiger partial charge in [-0.1, -0.05) is 12.1 Å². The molecule has 0 atom stereocenters. The van der Waals surface area contributed by atoms with Crippen LogP contribution >= 0.6 is 0 Å². The maximum atomic E-state index is 12.2. The fourth-order valence-corrected chi connectivity index (χ4v) is 1.33. The van der Waals surface area contributed by atoms with Crippen LogP contribution < -0.4 is 10.5 Å². The maximum absolute atomic E-state index is 12.2. The second kappa shape index (κ2) is 6.19. The summed E-state index contributed by atoms with van der Waals surface area (Å²) in [5.74, 6) is 0.825. The average Bonchev–Trinajstić information content (AvgIpc) is 2.31. The fourth-order valence-electron chi connectivity index (χ4n) is 1.33. The molecule has 0 aromatic heterocycles. The third-order valence-corrected chi connectivity index (χ3v) is 2.29. The van der Waals surface area contributed by atoms with Crippen molar-refractivity contribution < 1.29 is 9.13 Å². The molecular weight excluding hydrogens is 193 g/mol. The van der Waals surface area contributed by atoms with Crippen LogP contribution in [0.4, 0.5) is 4.39 Å². The zero-order valence-corrected chi connectivity index (χ0v) is 8.87. The predicted octanol–water partition coefficient (Wildman–Crippen LogP) is 2.44. The molecule has 0 saturated carbocycles. The van der Waals surface area contributed by atoms with Crippen molar-refractivity contribution in [3.8, 4) is 5.75 Å². The Kier molecular flexibility index (Phi) is 4.84. The van der Waals surface area contributed by atoms with E-state index in [9.17, 15) is 4.39 Å². The highest BCUT2D eigenvalue weighted by Crippen LogP contribution is 2.15. The normalized spacial score (nSPS) is 11.5. The van der Waals surface area contributed by atoms with Gasteiger partial charge >= 0.3 is 0 Å². The van der Waals surface area contributed by atoms with Gasteiger partial charge in [-0.2, -0.15) is 0 Å². The van der Waals surface area contributed by atoms with Gasteiger partial charge in [-0.25, -0.2) is 4.39 Å². The lowest BCUT2D eigenvalue weighted by Crippen LogP contribution is -2.03. The quantitative estimate of drug-likeness (QED) is 0.808. The largest absolute Gasteiger partial charge is 0.497 e. The highest BCUT2D eigenvalue weighted by Gasteiger charge is 1.99. The lowest BCUT2D eigenvalue weighted by molar-refractivity contribution is 0.414. The Balaban J connectivity index is 2.57. The number of benzene rings is 1. The van der Waals surface area contributed by atoms with Gasteiger partial charge < -0.3 is 10.5 Å². The first kappa shape index (κ1) is 11.7. The highest BCUT2D eigenvalue weighted by molar-refractivity contribution is 5.28. The number of hydrogen-bond acceptors (Lipinski definition) is 2. The first-order chi connectivity index (χ1) is 7.30. The fraction of sp³-hybridized carbons (Fsp3) is 0.333. The van der Waals surface area contributed by atoms with E-state index in [1.807, 2.05) is 24.3 Å². The van der Waals surface area contributed by atoms with E-state index in [1.54, 1.807) is 7.11 Å². The van der Waals surface area contributed by atoms with Gasteiger partial charge in [0.15, 0.2) is 0 Å². The summed E-state index contributed by atoms with van der Waals surface area (Å²) in [4.78, 5) is 0. The van der Waals surface area contributed by atoms with Crippen LogP contribution in [0.15, 0.2) is 36.2 Å². The third-order valence-electron chi connectivity index (χ3n) is 2.29. The molecule has 1 aromatic carbocycles. The van der Waals surface area contributed by atoms with Crippen molar-refractivity contribution in [3.63, 3.8) is 0 Å². The molecule has 0 radical (unpaired) electrons. The van der Waals surface area contributed by atoms with Gasteiger partial charge in [0, 0.05) is 6.54 Å². The minimum atomic E-state index is 0.278. The topological polar surface area (TPSA) is 35.2 Å². The van der Waals surface area contributed by atoms with Crippen molar-refractivity contribution in [1.29, 1.82) is 0 Å². The first-order valence-electron chi connectivity index (χ1n) is 4.91. The minimum absolute atomic E-state index is 0.278. The molecule has 0 bridgehead atoms. The van der Waals surface area contributed by atoms with Gasteiger partial charge in [-0.15, -0.1) is 0 Å². The summed E-state index contributed by atoms with van der Waals surface area (Å²) < 4.78 is 17.3. The van der Waals surface area contributed by atoms with Crippen LogP contribution in [0.1, 0.15) is 12.0 Å². The van der Waals surface area contributed by atoms with Crippen LogP contribution in [0.3, 0.4) is 0 Å². The molecule has 1 rings (SSSR count). The lowest BCUT2D eigenvalue weighted by atomic mass is 10.1. The van der Waals surface area contributed by atoms with E-state index < -0.39 is 0 Å². The Bertz CT molecular complexity index is 336. The zero-order chi connectivity index (χ0) is 11.1. The number of aryl methyl sites for hydroxylation is 1. The molecule has 0 saturated heterocycles. The molecule has 0 aliphatic rings. The van der Waals surface area contributed by atoms with Crippen LogP contribution in [0, 0.1) is 0 Å². The van der Waals surface area contributed by atoms with Crippen LogP contribution in [-0.4, -0.2) is 13.7 Å². The van der Waals surface area contributed by atoms with Crippen molar-refractivity contribution >= 4 is 0 Å². The zero-order valence-electron chi connectivity index (χ0n) is 8.87. The Morgan fingerprint density at radius 3 is 2.93 bits per heavy atom. The van der Waals surface area contributed by atoms with Gasteiger partial charge in [0.25, 0.3) is 0 Å². The number of rotatable bonds is 5. The molecule has 3 heteroatoms. The third kappa shape index (κ3) is 3.72. The molecule has 0 aliphatic heterocycles. The minimum Gasteiger partial charge on any atom is -0.497 e. The summed E-state index contributed by atoms with van der Waals surface area (Å²) in [5, 5.41) is 0. The van der Waals surface area contributed by atoms with Gasteiger partial charge in [0.1, 0.15) is 5.75 Å². The highest BCUT2D eigenvalue weighted by atomic mass is 19.1. The summed E-state index contributed by atoms with van der Waals surface area (Å²) in [7, 11) is 1.63. The Labute approximate surface area is 89.6 Å². The molecule has 0 spiro atoms. The molecule has 0 fully saturated rings. The number of nitrogens with two attached hydrogens (primary N) is 1. The molecular formula is C12H16FNO. The van der Waals surface area contributed by atoms with E-state index in [-0.39, 0.29) is 6.54 Å². The van der Waals surface area contributed by atoms with E-state index in [1.165, 1.54) is 0 Å². The number of ether oxygens (including phenoxy) is 1. The molecule has 2 nitrogen and oxygen atoms in total. The first-order valence-corrected chi connectivity index (χ1v) is 4.91. The molecule has 15 heavy (non-hydrogen) atoms. The predicted molar refractivity (Wildman–Crippen MR) is 59.6 cm³/mol. The molecule has 0 amide bonds. The summed E-state index contributed by atoms with van der Waals surface area (Å²) in [6.07, 6.45) is 2.03. The van der Waals surface area contributed by atoms with Crippen LogP contribution in [-0.2, 0) is 6.42 Å². The Morgan fingerprint density at radius 2 is 2.33 bits per heavy atom. The maximum Gasteiger partial charge on any atom is 0.119 e. The Morgan fingerprint density at radius 1 is 1.53 bits per heavy atom. The van der Waals surface area contributed by atoms with Crippen molar-refractivity contribution in [3.05, 3.63) is 41.7 Å². The van der Waals surface area contributed by atoms with E-state index in [4.69, 9.17) is 10.5 Å². The average molecular weight is 209 g/mol. The van der Waals surface area contributed by atoms with E-state index in [0.717, 1.165) is 17.7 Å². The summed E-state index contributed by atoms with van der Waals surface area (Å²) >= 11 is 0. The summed E-state index contributed by atoms with van der Waals surface area (Å²) in [6.45, 7) is 0.278. The van der Waals surface area contributed by atoms with Crippen molar-refractivity contribution in [1.82, 2.24) is 0 Å². The molecule has 82 valence electrons. The van der Waals surface area contributed by atoms with Gasteiger partial charge in [0.2, 0.25) is 0 Å². The second-order valence-electron chi connectivity index (χ2n) is 3.32. The van der Waals surface area contributed by atoms with Gasteiger partial charge in [-0.3, -0.25) is 0 Å². The Hall–Kier alpha value is -1.35. The lowest BCUT2D eigenvalue weighted by Gasteiger charge is -2.05. The molecule has 1 aromatic rings. The van der Waals surface area contributed by atoms with E-state index in [0.29, 0.717) is 18.3 Å². The number of halogens is 1. The van der Waals surface area contributed by atoms with E-state index >= 15 is 0 Å². The van der Waals surface area contributed by atoms with Crippen LogP contribution in [0.25, 0.3) is 0 Å². The standard InChI is InChI=1S/C12H16FNO/c1-15-12-4-2-3-10(7-12)5-6-11(8-13)9-14/h2-4,7-8H,5-6,9,14H2,1H3. The van der Waals surface area contributed by atoms with E-state index in [2.05, 4.69) is 0 Å². The molecule has 0 aliphatic carbocycles.